The number of anilines is 1. The van der Waals surface area contributed by atoms with Crippen LogP contribution in [-0.4, -0.2) is 59.2 Å². The average molecular weight is 609 g/mol. The second-order valence-electron chi connectivity index (χ2n) is 16.2. The van der Waals surface area contributed by atoms with Crippen LogP contribution in [-0.2, 0) is 16.1 Å². The zero-order valence-corrected chi connectivity index (χ0v) is 27.4. The van der Waals surface area contributed by atoms with Gasteiger partial charge < -0.3 is 15.5 Å². The van der Waals surface area contributed by atoms with E-state index in [9.17, 15) is 14.4 Å². The van der Waals surface area contributed by atoms with Crippen molar-refractivity contribution < 1.29 is 18.8 Å². The highest BCUT2D eigenvalue weighted by Crippen LogP contribution is 2.66. The fraction of sp³-hybridized carbons (Fsp3) is 0.750. The van der Waals surface area contributed by atoms with Crippen LogP contribution in [0.5, 0.6) is 0 Å². The Kier molecular flexibility index (Phi) is 8.61. The van der Waals surface area contributed by atoms with Crippen LogP contribution in [0, 0.1) is 40.3 Å². The molecule has 1 aromatic carbocycles. The average Bonchev–Trinajstić information content (AvgIpc) is 2.95. The number of halogens is 1. The van der Waals surface area contributed by atoms with Gasteiger partial charge in [0.05, 0.1) is 5.69 Å². The summed E-state index contributed by atoms with van der Waals surface area (Å²) in [6, 6.07) is 4.78. The van der Waals surface area contributed by atoms with Crippen LogP contribution in [0.15, 0.2) is 18.2 Å². The number of benzene rings is 1. The number of piperidine rings is 2. The summed E-state index contributed by atoms with van der Waals surface area (Å²) in [5, 5.41) is 6.12. The lowest BCUT2D eigenvalue weighted by molar-refractivity contribution is -0.139. The van der Waals surface area contributed by atoms with E-state index >= 15 is 4.39 Å². The Bertz CT molecular complexity index is 1260. The molecular formula is C36H53FN4O3. The molecule has 2 heterocycles. The van der Waals surface area contributed by atoms with Gasteiger partial charge in [0.1, 0.15) is 11.6 Å². The second kappa shape index (κ2) is 12.0. The smallest absolute Gasteiger partial charge is 0.319 e. The van der Waals surface area contributed by atoms with Gasteiger partial charge in [-0.25, -0.2) is 9.18 Å². The number of hydrogen-bond acceptors (Lipinski definition) is 4. The minimum absolute atomic E-state index is 0.00541. The molecule has 4 bridgehead atoms. The van der Waals surface area contributed by atoms with Crippen molar-refractivity contribution in [1.29, 1.82) is 0 Å². The molecule has 6 aliphatic rings. The Morgan fingerprint density at radius 3 is 2.32 bits per heavy atom. The molecule has 2 aliphatic heterocycles. The number of carbonyl (C=O) groups excluding carboxylic acids is 3. The summed E-state index contributed by atoms with van der Waals surface area (Å²) in [5.41, 5.74) is 1.45. The lowest BCUT2D eigenvalue weighted by atomic mass is 9.43. The molecule has 4 saturated carbocycles. The van der Waals surface area contributed by atoms with Gasteiger partial charge >= 0.3 is 6.03 Å². The topological polar surface area (TPSA) is 81.8 Å². The first kappa shape index (κ1) is 31.5. The molecule has 44 heavy (non-hydrogen) atoms. The zero-order valence-electron chi connectivity index (χ0n) is 27.4. The Balaban J connectivity index is 1.00. The van der Waals surface area contributed by atoms with Crippen LogP contribution in [0.25, 0.3) is 0 Å². The van der Waals surface area contributed by atoms with E-state index in [0.29, 0.717) is 37.9 Å². The van der Waals surface area contributed by atoms with E-state index in [-0.39, 0.29) is 51.7 Å². The number of carbonyl (C=O) groups is 3. The zero-order chi connectivity index (χ0) is 31.3. The maximum absolute atomic E-state index is 15.3. The highest BCUT2D eigenvalue weighted by atomic mass is 19.1. The molecule has 7 rings (SSSR count). The van der Waals surface area contributed by atoms with Crippen molar-refractivity contribution in [1.82, 2.24) is 15.1 Å². The highest BCUT2D eigenvalue weighted by Gasteiger charge is 2.60. The van der Waals surface area contributed by atoms with E-state index in [1.807, 2.05) is 24.8 Å². The number of nitrogens with one attached hydrogen (secondary N) is 2. The molecule has 3 unspecified atom stereocenters. The Morgan fingerprint density at radius 1 is 0.977 bits per heavy atom. The van der Waals surface area contributed by atoms with Crippen LogP contribution >= 0.6 is 0 Å². The van der Waals surface area contributed by atoms with Crippen LogP contribution in [0.4, 0.5) is 14.9 Å². The molecule has 7 nitrogen and oxygen atoms in total. The van der Waals surface area contributed by atoms with Crippen molar-refractivity contribution >= 4 is 23.4 Å². The molecule has 242 valence electrons. The molecule has 0 spiro atoms. The van der Waals surface area contributed by atoms with Gasteiger partial charge in [-0.1, -0.05) is 33.8 Å². The molecule has 1 aromatic rings. The number of amides is 3. The molecule has 0 aromatic heterocycles. The van der Waals surface area contributed by atoms with Gasteiger partial charge in [-0.3, -0.25) is 14.5 Å². The number of ketones is 1. The van der Waals surface area contributed by atoms with Crippen molar-refractivity contribution in [3.8, 4) is 0 Å². The molecule has 6 atom stereocenters. The van der Waals surface area contributed by atoms with Crippen LogP contribution in [0.1, 0.15) is 104 Å². The van der Waals surface area contributed by atoms with Crippen LogP contribution in [0.2, 0.25) is 0 Å². The second-order valence-corrected chi connectivity index (χ2v) is 16.2. The van der Waals surface area contributed by atoms with Crippen molar-refractivity contribution in [2.45, 2.75) is 110 Å². The largest absolute Gasteiger partial charge is 0.342 e. The third-order valence-electron chi connectivity index (χ3n) is 11.8. The van der Waals surface area contributed by atoms with Gasteiger partial charge in [-0.15, -0.1) is 0 Å². The molecule has 0 radical (unpaired) electrons. The lowest BCUT2D eigenvalue weighted by Gasteiger charge is -2.65. The van der Waals surface area contributed by atoms with E-state index in [1.54, 1.807) is 6.07 Å². The van der Waals surface area contributed by atoms with Gasteiger partial charge in [-0.05, 0) is 112 Å². The first-order valence-corrected chi connectivity index (χ1v) is 17.3. The molecule has 8 heteroatoms. The van der Waals surface area contributed by atoms with Crippen molar-refractivity contribution in [3.63, 3.8) is 0 Å². The highest BCUT2D eigenvalue weighted by molar-refractivity contribution is 5.90. The summed E-state index contributed by atoms with van der Waals surface area (Å²) >= 11 is 0. The molecule has 4 aliphatic carbocycles. The van der Waals surface area contributed by atoms with Gasteiger partial charge in [0.25, 0.3) is 0 Å². The summed E-state index contributed by atoms with van der Waals surface area (Å²) in [4.78, 5) is 43.3. The lowest BCUT2D eigenvalue weighted by Crippen LogP contribution is -2.65. The van der Waals surface area contributed by atoms with Gasteiger partial charge in [0.15, 0.2) is 0 Å². The fourth-order valence-electron chi connectivity index (χ4n) is 10.6. The molecule has 2 N–H and O–H groups in total. The van der Waals surface area contributed by atoms with Crippen LogP contribution < -0.4 is 10.6 Å². The Morgan fingerprint density at radius 2 is 1.68 bits per heavy atom. The Hall–Kier alpha value is -2.48. The maximum atomic E-state index is 15.3. The summed E-state index contributed by atoms with van der Waals surface area (Å²) in [6.45, 7) is 12.3. The normalized spacial score (nSPS) is 34.5. The van der Waals surface area contributed by atoms with Gasteiger partial charge in [-0.2, -0.15) is 0 Å². The van der Waals surface area contributed by atoms with E-state index in [0.717, 1.165) is 63.5 Å². The SMILES string of the molecule is CCC(C)C(=O)N1CCC(C(=O)[C@H]2CCCN(Cc3ccc(NC(=O)NC45CC6C[C@@](C)(C4)C[C@](C)(C6)C5)c(F)c3)C2)CC1. The van der Waals surface area contributed by atoms with Crippen molar-refractivity contribution in [2.75, 3.05) is 31.5 Å². The van der Waals surface area contributed by atoms with E-state index in [4.69, 9.17) is 0 Å². The van der Waals surface area contributed by atoms with Gasteiger partial charge in [0, 0.05) is 49.5 Å². The minimum Gasteiger partial charge on any atom is -0.342 e. The van der Waals surface area contributed by atoms with Gasteiger partial charge in [0.2, 0.25) is 5.91 Å². The fourth-order valence-corrected chi connectivity index (χ4v) is 10.6. The molecule has 3 amide bonds. The van der Waals surface area contributed by atoms with Crippen molar-refractivity contribution in [3.05, 3.63) is 29.6 Å². The number of hydrogen-bond donors (Lipinski definition) is 2. The standard InChI is InChI=1S/C36H53FN4O3/c1-5-24(2)32(43)41-13-10-27(11-14-41)31(42)28-7-6-12-40(20-28)19-25-8-9-30(29(37)15-25)38-33(44)39-36-18-26-16-34(3,22-36)21-35(4,17-26)23-36/h8-9,15,24,26-28H,5-7,10-14,16-23H2,1-4H3,(H2,38,39,44)/t24?,26?,28-,34-,35+,36?/m0/s1. The summed E-state index contributed by atoms with van der Waals surface area (Å²) < 4.78 is 15.3. The third-order valence-corrected chi connectivity index (χ3v) is 11.8. The third kappa shape index (κ3) is 6.56. The summed E-state index contributed by atoms with van der Waals surface area (Å²) in [5.74, 6) is 0.853. The first-order valence-electron chi connectivity index (χ1n) is 17.3. The number of likely N-dealkylation sites (tertiary alicyclic amines) is 2. The maximum Gasteiger partial charge on any atom is 0.319 e. The minimum atomic E-state index is -0.426. The summed E-state index contributed by atoms with van der Waals surface area (Å²) in [7, 11) is 0. The quantitative estimate of drug-likeness (QED) is 0.342. The molecule has 2 saturated heterocycles. The first-order chi connectivity index (χ1) is 20.9. The molecule has 6 fully saturated rings. The summed E-state index contributed by atoms with van der Waals surface area (Å²) in [6.07, 6.45) is 11.0. The van der Waals surface area contributed by atoms with Crippen molar-refractivity contribution in [2.24, 2.45) is 34.5 Å². The van der Waals surface area contributed by atoms with E-state index in [1.165, 1.54) is 25.3 Å². The number of Topliss-reactive ketones (excluding diaryl/α,β-unsaturated/α-hetero) is 1. The predicted octanol–water partition coefficient (Wildman–Crippen LogP) is 6.76. The number of nitrogens with zero attached hydrogens (tertiary/aromatic N) is 2. The number of urea groups is 1. The van der Waals surface area contributed by atoms with Crippen LogP contribution in [0.3, 0.4) is 0 Å². The monoisotopic (exact) mass is 608 g/mol. The van der Waals surface area contributed by atoms with E-state index in [2.05, 4.69) is 29.4 Å². The molecular weight excluding hydrogens is 555 g/mol. The number of rotatable bonds is 8. The Labute approximate surface area is 263 Å². The predicted molar refractivity (Wildman–Crippen MR) is 170 cm³/mol. The van der Waals surface area contributed by atoms with E-state index < -0.39 is 5.82 Å².